The van der Waals surface area contributed by atoms with E-state index in [1.165, 1.54) is 24.5 Å². The van der Waals surface area contributed by atoms with Crippen LogP contribution in [0.1, 0.15) is 4.88 Å². The minimum Gasteiger partial charge on any atom is -0.496 e. The van der Waals surface area contributed by atoms with Crippen molar-refractivity contribution < 1.29 is 9.13 Å². The monoisotopic (exact) mass is 223 g/mol. The first kappa shape index (κ1) is 10.1. The molecule has 0 amide bonds. The summed E-state index contributed by atoms with van der Waals surface area (Å²) in [4.78, 5) is 5.21. The number of methoxy groups -OCH3 is 1. The van der Waals surface area contributed by atoms with Gasteiger partial charge < -0.3 is 4.74 Å². The standard InChI is InChI=1S/C11H10FNOS/c1-7-6-13-11(15-7)10-8(12)4-3-5-9(10)14-2/h3-6H,1-2H3. The number of halogens is 1. The Balaban J connectivity index is 2.60. The molecule has 0 spiro atoms. The third-order valence-electron chi connectivity index (χ3n) is 2.03. The normalized spacial score (nSPS) is 10.3. The minimum atomic E-state index is -0.302. The fourth-order valence-corrected chi connectivity index (χ4v) is 2.17. The van der Waals surface area contributed by atoms with E-state index in [9.17, 15) is 4.39 Å². The van der Waals surface area contributed by atoms with E-state index in [2.05, 4.69) is 4.98 Å². The Hall–Kier alpha value is -1.42. The van der Waals surface area contributed by atoms with Crippen molar-refractivity contribution in [2.24, 2.45) is 0 Å². The molecule has 1 heterocycles. The Labute approximate surface area is 91.4 Å². The molecule has 4 heteroatoms. The number of ether oxygens (including phenoxy) is 1. The maximum atomic E-state index is 13.6. The van der Waals surface area contributed by atoms with Crippen LogP contribution in [0.3, 0.4) is 0 Å². The van der Waals surface area contributed by atoms with Crippen molar-refractivity contribution in [3.63, 3.8) is 0 Å². The lowest BCUT2D eigenvalue weighted by molar-refractivity contribution is 0.413. The highest BCUT2D eigenvalue weighted by molar-refractivity contribution is 7.15. The molecule has 0 aliphatic heterocycles. The van der Waals surface area contributed by atoms with Gasteiger partial charge in [-0.25, -0.2) is 9.37 Å². The summed E-state index contributed by atoms with van der Waals surface area (Å²) in [5, 5.41) is 0.655. The van der Waals surface area contributed by atoms with Crippen molar-refractivity contribution in [2.75, 3.05) is 7.11 Å². The lowest BCUT2D eigenvalue weighted by Crippen LogP contribution is -1.90. The second kappa shape index (κ2) is 3.98. The van der Waals surface area contributed by atoms with Crippen molar-refractivity contribution in [1.29, 1.82) is 0 Å². The predicted molar refractivity (Wildman–Crippen MR) is 58.8 cm³/mol. The Bertz CT molecular complexity index is 481. The summed E-state index contributed by atoms with van der Waals surface area (Å²) in [6.45, 7) is 1.94. The molecule has 1 aromatic carbocycles. The SMILES string of the molecule is COc1cccc(F)c1-c1ncc(C)s1. The zero-order valence-electron chi connectivity index (χ0n) is 8.45. The van der Waals surface area contributed by atoms with E-state index in [1.54, 1.807) is 18.3 Å². The van der Waals surface area contributed by atoms with Crippen molar-refractivity contribution in [3.05, 3.63) is 35.1 Å². The highest BCUT2D eigenvalue weighted by Crippen LogP contribution is 2.34. The fraction of sp³-hybridized carbons (Fsp3) is 0.182. The summed E-state index contributed by atoms with van der Waals surface area (Å²) >= 11 is 1.45. The van der Waals surface area contributed by atoms with E-state index in [0.717, 1.165) is 4.88 Å². The number of benzene rings is 1. The number of hydrogen-bond acceptors (Lipinski definition) is 3. The molecule has 0 aliphatic rings. The molecule has 1 aromatic heterocycles. The molecule has 2 nitrogen and oxygen atoms in total. The molecular weight excluding hydrogens is 213 g/mol. The summed E-state index contributed by atoms with van der Waals surface area (Å²) in [5.41, 5.74) is 0.443. The van der Waals surface area contributed by atoms with Crippen LogP contribution in [0.5, 0.6) is 5.75 Å². The zero-order chi connectivity index (χ0) is 10.8. The summed E-state index contributed by atoms with van der Waals surface area (Å²) < 4.78 is 18.7. The molecular formula is C11H10FNOS. The average Bonchev–Trinajstić information content (AvgIpc) is 2.64. The first-order valence-corrected chi connectivity index (χ1v) is 5.29. The second-order valence-electron chi connectivity index (χ2n) is 3.09. The van der Waals surface area contributed by atoms with Gasteiger partial charge in [-0.2, -0.15) is 0 Å². The first-order chi connectivity index (χ1) is 7.22. The highest BCUT2D eigenvalue weighted by atomic mass is 32.1. The van der Waals surface area contributed by atoms with Crippen LogP contribution in [0.2, 0.25) is 0 Å². The lowest BCUT2D eigenvalue weighted by Gasteiger charge is -2.06. The topological polar surface area (TPSA) is 22.1 Å². The first-order valence-electron chi connectivity index (χ1n) is 4.47. The maximum Gasteiger partial charge on any atom is 0.137 e. The molecule has 0 atom stereocenters. The minimum absolute atomic E-state index is 0.302. The van der Waals surface area contributed by atoms with Crippen molar-refractivity contribution in [2.45, 2.75) is 6.92 Å². The van der Waals surface area contributed by atoms with Crippen LogP contribution < -0.4 is 4.74 Å². The Morgan fingerprint density at radius 2 is 2.20 bits per heavy atom. The molecule has 2 aromatic rings. The van der Waals surface area contributed by atoms with Gasteiger partial charge in [0, 0.05) is 11.1 Å². The van der Waals surface area contributed by atoms with Gasteiger partial charge >= 0.3 is 0 Å². The number of aromatic nitrogens is 1. The molecule has 0 fully saturated rings. The van der Waals surface area contributed by atoms with Crippen LogP contribution in [0.15, 0.2) is 24.4 Å². The van der Waals surface area contributed by atoms with Crippen LogP contribution in [0, 0.1) is 12.7 Å². The summed E-state index contributed by atoms with van der Waals surface area (Å²) in [5.74, 6) is 0.216. The Kier molecular flexibility index (Phi) is 2.68. The summed E-state index contributed by atoms with van der Waals surface area (Å²) in [7, 11) is 1.53. The second-order valence-corrected chi connectivity index (χ2v) is 4.33. The molecule has 2 rings (SSSR count). The maximum absolute atomic E-state index is 13.6. The number of nitrogens with zero attached hydrogens (tertiary/aromatic N) is 1. The largest absolute Gasteiger partial charge is 0.496 e. The predicted octanol–water partition coefficient (Wildman–Crippen LogP) is 3.27. The molecule has 0 radical (unpaired) electrons. The van der Waals surface area contributed by atoms with Gasteiger partial charge in [0.15, 0.2) is 0 Å². The van der Waals surface area contributed by atoms with E-state index in [-0.39, 0.29) is 5.82 Å². The summed E-state index contributed by atoms with van der Waals surface area (Å²) in [6, 6.07) is 4.77. The van der Waals surface area contributed by atoms with Crippen LogP contribution in [-0.2, 0) is 0 Å². The molecule has 15 heavy (non-hydrogen) atoms. The van der Waals surface area contributed by atoms with Crippen molar-refractivity contribution in [1.82, 2.24) is 4.98 Å². The molecule has 78 valence electrons. The quantitative estimate of drug-likeness (QED) is 0.779. The van der Waals surface area contributed by atoms with Gasteiger partial charge in [0.2, 0.25) is 0 Å². The fourth-order valence-electron chi connectivity index (χ4n) is 1.35. The third-order valence-corrected chi connectivity index (χ3v) is 2.96. The van der Waals surface area contributed by atoms with Gasteiger partial charge in [0.05, 0.1) is 12.7 Å². The van der Waals surface area contributed by atoms with E-state index in [1.807, 2.05) is 6.92 Å². The number of hydrogen-bond donors (Lipinski definition) is 0. The summed E-state index contributed by atoms with van der Waals surface area (Å²) in [6.07, 6.45) is 1.73. The zero-order valence-corrected chi connectivity index (χ0v) is 9.27. The van der Waals surface area contributed by atoms with E-state index in [0.29, 0.717) is 16.3 Å². The van der Waals surface area contributed by atoms with Crippen LogP contribution in [-0.4, -0.2) is 12.1 Å². The molecule has 0 N–H and O–H groups in total. The van der Waals surface area contributed by atoms with Gasteiger partial charge in [0.1, 0.15) is 16.6 Å². The lowest BCUT2D eigenvalue weighted by atomic mass is 10.2. The Morgan fingerprint density at radius 1 is 1.40 bits per heavy atom. The van der Waals surface area contributed by atoms with Gasteiger partial charge in [-0.3, -0.25) is 0 Å². The van der Waals surface area contributed by atoms with E-state index < -0.39 is 0 Å². The molecule has 0 aliphatic carbocycles. The third kappa shape index (κ3) is 1.85. The van der Waals surface area contributed by atoms with Gasteiger partial charge in [-0.1, -0.05) is 6.07 Å². The van der Waals surface area contributed by atoms with Gasteiger partial charge in [-0.15, -0.1) is 11.3 Å². The van der Waals surface area contributed by atoms with E-state index >= 15 is 0 Å². The smallest absolute Gasteiger partial charge is 0.137 e. The highest BCUT2D eigenvalue weighted by Gasteiger charge is 2.14. The Morgan fingerprint density at radius 3 is 2.80 bits per heavy atom. The van der Waals surface area contributed by atoms with Crippen LogP contribution in [0.25, 0.3) is 10.6 Å². The molecule has 0 bridgehead atoms. The van der Waals surface area contributed by atoms with Gasteiger partial charge in [-0.05, 0) is 19.1 Å². The number of rotatable bonds is 2. The number of aryl methyl sites for hydroxylation is 1. The van der Waals surface area contributed by atoms with Crippen LogP contribution >= 0.6 is 11.3 Å². The molecule has 0 unspecified atom stereocenters. The van der Waals surface area contributed by atoms with Crippen molar-refractivity contribution in [3.8, 4) is 16.3 Å². The molecule has 0 saturated heterocycles. The van der Waals surface area contributed by atoms with Crippen LogP contribution in [0.4, 0.5) is 4.39 Å². The van der Waals surface area contributed by atoms with Gasteiger partial charge in [0.25, 0.3) is 0 Å². The average molecular weight is 223 g/mol. The number of thiazole rings is 1. The van der Waals surface area contributed by atoms with E-state index in [4.69, 9.17) is 4.74 Å². The van der Waals surface area contributed by atoms with Crippen molar-refractivity contribution >= 4 is 11.3 Å². The molecule has 0 saturated carbocycles.